The second-order valence-electron chi connectivity index (χ2n) is 9.97. The molecule has 2 amide bonds. The summed E-state index contributed by atoms with van der Waals surface area (Å²) in [4.78, 5) is 30.5. The van der Waals surface area contributed by atoms with E-state index in [1.54, 1.807) is 11.8 Å². The van der Waals surface area contributed by atoms with Gasteiger partial charge in [0.15, 0.2) is 0 Å². The first kappa shape index (κ1) is 27.0. The molecule has 0 radical (unpaired) electrons. The smallest absolute Gasteiger partial charge is 0.243 e. The average Bonchev–Trinajstić information content (AvgIpc) is 2.93. The maximum absolute atomic E-state index is 13.8. The van der Waals surface area contributed by atoms with E-state index in [-0.39, 0.29) is 17.9 Å². The third kappa shape index (κ3) is 8.50. The number of nitrogens with zero attached hydrogens (tertiary/aromatic N) is 1. The summed E-state index contributed by atoms with van der Waals surface area (Å²) < 4.78 is 0. The van der Waals surface area contributed by atoms with E-state index in [4.69, 9.17) is 0 Å². The van der Waals surface area contributed by atoms with Crippen LogP contribution >= 0.6 is 11.8 Å². The Morgan fingerprint density at radius 2 is 1.51 bits per heavy atom. The van der Waals surface area contributed by atoms with Crippen molar-refractivity contribution in [1.29, 1.82) is 0 Å². The van der Waals surface area contributed by atoms with E-state index >= 15 is 0 Å². The van der Waals surface area contributed by atoms with E-state index in [2.05, 4.69) is 48.6 Å². The number of hydrogen-bond donors (Lipinski definition) is 1. The largest absolute Gasteiger partial charge is 0.352 e. The zero-order valence-electron chi connectivity index (χ0n) is 21.8. The lowest BCUT2D eigenvalue weighted by molar-refractivity contribution is -0.141. The molecule has 4 rings (SSSR count). The molecule has 1 N–H and O–H groups in total. The molecule has 5 heteroatoms. The quantitative estimate of drug-likeness (QED) is 0.295. The lowest BCUT2D eigenvalue weighted by Gasteiger charge is -2.33. The highest BCUT2D eigenvalue weighted by Gasteiger charge is 2.31. The Hall–Kier alpha value is -3.05. The average molecular weight is 515 g/mol. The van der Waals surface area contributed by atoms with E-state index < -0.39 is 6.04 Å². The molecule has 0 aliphatic heterocycles. The van der Waals surface area contributed by atoms with Crippen LogP contribution in [0.2, 0.25) is 0 Å². The fourth-order valence-electron chi connectivity index (χ4n) is 4.90. The maximum atomic E-state index is 13.8. The summed E-state index contributed by atoms with van der Waals surface area (Å²) in [5.74, 6) is 0.658. The van der Waals surface area contributed by atoms with Crippen molar-refractivity contribution in [2.24, 2.45) is 0 Å². The van der Waals surface area contributed by atoms with Gasteiger partial charge in [-0.2, -0.15) is 0 Å². The van der Waals surface area contributed by atoms with Gasteiger partial charge in [-0.3, -0.25) is 9.59 Å². The summed E-state index contributed by atoms with van der Waals surface area (Å²) in [7, 11) is 0. The van der Waals surface area contributed by atoms with Crippen molar-refractivity contribution < 1.29 is 9.59 Å². The highest BCUT2D eigenvalue weighted by Crippen LogP contribution is 2.22. The minimum Gasteiger partial charge on any atom is -0.352 e. The molecule has 4 nitrogen and oxygen atoms in total. The highest BCUT2D eigenvalue weighted by molar-refractivity contribution is 7.99. The molecule has 1 fully saturated rings. The molecule has 1 unspecified atom stereocenters. The van der Waals surface area contributed by atoms with Crippen molar-refractivity contribution in [2.75, 3.05) is 5.75 Å². The summed E-state index contributed by atoms with van der Waals surface area (Å²) in [6.45, 7) is 2.48. The number of benzene rings is 3. The van der Waals surface area contributed by atoms with Crippen LogP contribution in [0.5, 0.6) is 0 Å². The SMILES string of the molecule is Cc1ccc(CN(C(=O)CCSc2ccccc2)C(Cc2ccccc2)C(=O)NC2CCCCC2)cc1. The minimum absolute atomic E-state index is 0.0173. The van der Waals surface area contributed by atoms with Gasteiger partial charge in [0.05, 0.1) is 0 Å². The fourth-order valence-corrected chi connectivity index (χ4v) is 5.77. The fraction of sp³-hybridized carbons (Fsp3) is 0.375. The van der Waals surface area contributed by atoms with Crippen LogP contribution in [0.1, 0.15) is 55.2 Å². The molecule has 0 saturated heterocycles. The third-order valence-electron chi connectivity index (χ3n) is 7.02. The predicted molar refractivity (Wildman–Crippen MR) is 152 cm³/mol. The van der Waals surface area contributed by atoms with Crippen LogP contribution < -0.4 is 5.32 Å². The second kappa shape index (κ2) is 14.0. The molecule has 0 bridgehead atoms. The first-order chi connectivity index (χ1) is 18.1. The topological polar surface area (TPSA) is 49.4 Å². The number of thioether (sulfide) groups is 1. The number of hydrogen-bond acceptors (Lipinski definition) is 3. The number of aryl methyl sites for hydroxylation is 1. The van der Waals surface area contributed by atoms with Crippen LogP contribution in [0.4, 0.5) is 0 Å². The first-order valence-electron chi connectivity index (χ1n) is 13.5. The van der Waals surface area contributed by atoms with Crippen LogP contribution in [-0.2, 0) is 22.6 Å². The lowest BCUT2D eigenvalue weighted by atomic mass is 9.94. The molecule has 1 atom stereocenters. The molecule has 3 aromatic rings. The van der Waals surface area contributed by atoms with Gasteiger partial charge >= 0.3 is 0 Å². The van der Waals surface area contributed by atoms with Crippen molar-refractivity contribution in [3.8, 4) is 0 Å². The predicted octanol–water partition coefficient (Wildman–Crippen LogP) is 6.57. The summed E-state index contributed by atoms with van der Waals surface area (Å²) in [5, 5.41) is 3.31. The van der Waals surface area contributed by atoms with E-state index in [1.165, 1.54) is 12.0 Å². The van der Waals surface area contributed by atoms with Crippen LogP contribution in [-0.4, -0.2) is 34.6 Å². The monoisotopic (exact) mass is 514 g/mol. The molecular weight excluding hydrogens is 476 g/mol. The van der Waals surface area contributed by atoms with Gasteiger partial charge in [-0.15, -0.1) is 11.8 Å². The van der Waals surface area contributed by atoms with Gasteiger partial charge in [-0.05, 0) is 43.0 Å². The Morgan fingerprint density at radius 3 is 2.19 bits per heavy atom. The third-order valence-corrected chi connectivity index (χ3v) is 8.04. The van der Waals surface area contributed by atoms with E-state index in [1.807, 2.05) is 53.4 Å². The Morgan fingerprint density at radius 1 is 0.865 bits per heavy atom. The normalized spacial score (nSPS) is 14.6. The standard InChI is InChI=1S/C32H38N2O2S/c1-25-17-19-27(20-18-25)24-34(31(35)21-22-37-29-15-9-4-10-16-29)30(23-26-11-5-2-6-12-26)32(36)33-28-13-7-3-8-14-28/h2,4-6,9-12,15-20,28,30H,3,7-8,13-14,21-24H2,1H3,(H,33,36). The van der Waals surface area contributed by atoms with Crippen molar-refractivity contribution in [3.05, 3.63) is 102 Å². The Kier molecular flexibility index (Phi) is 10.2. The summed E-state index contributed by atoms with van der Waals surface area (Å²) >= 11 is 1.68. The number of carbonyl (C=O) groups is 2. The molecule has 1 saturated carbocycles. The number of rotatable bonds is 11. The molecule has 0 heterocycles. The summed E-state index contributed by atoms with van der Waals surface area (Å²) in [6.07, 6.45) is 6.45. The van der Waals surface area contributed by atoms with Crippen LogP contribution in [0.25, 0.3) is 0 Å². The first-order valence-corrected chi connectivity index (χ1v) is 14.4. The second-order valence-corrected chi connectivity index (χ2v) is 11.1. The van der Waals surface area contributed by atoms with Gasteiger partial charge in [-0.1, -0.05) is 97.6 Å². The van der Waals surface area contributed by atoms with E-state index in [0.29, 0.717) is 25.1 Å². The van der Waals surface area contributed by atoms with Crippen molar-refractivity contribution >= 4 is 23.6 Å². The van der Waals surface area contributed by atoms with Crippen molar-refractivity contribution in [1.82, 2.24) is 10.2 Å². The zero-order valence-corrected chi connectivity index (χ0v) is 22.6. The van der Waals surface area contributed by atoms with Crippen molar-refractivity contribution in [3.63, 3.8) is 0 Å². The van der Waals surface area contributed by atoms with Crippen LogP contribution in [0.3, 0.4) is 0 Å². The van der Waals surface area contributed by atoms with Gasteiger partial charge in [0, 0.05) is 36.1 Å². The summed E-state index contributed by atoms with van der Waals surface area (Å²) in [6, 6.07) is 28.1. The zero-order chi connectivity index (χ0) is 25.9. The van der Waals surface area contributed by atoms with Gasteiger partial charge in [0.25, 0.3) is 0 Å². The molecule has 37 heavy (non-hydrogen) atoms. The highest BCUT2D eigenvalue weighted by atomic mass is 32.2. The molecule has 1 aliphatic rings. The van der Waals surface area contributed by atoms with E-state index in [9.17, 15) is 9.59 Å². The van der Waals surface area contributed by atoms with E-state index in [0.717, 1.165) is 41.7 Å². The van der Waals surface area contributed by atoms with Crippen LogP contribution in [0, 0.1) is 6.92 Å². The maximum Gasteiger partial charge on any atom is 0.243 e. The van der Waals surface area contributed by atoms with Gasteiger partial charge in [0.1, 0.15) is 6.04 Å². The minimum atomic E-state index is -0.556. The lowest BCUT2D eigenvalue weighted by Crippen LogP contribution is -2.52. The molecule has 194 valence electrons. The van der Waals surface area contributed by atoms with Crippen LogP contribution in [0.15, 0.2) is 89.8 Å². The van der Waals surface area contributed by atoms with Crippen molar-refractivity contribution in [2.45, 2.75) is 75.4 Å². The van der Waals surface area contributed by atoms with Gasteiger partial charge in [-0.25, -0.2) is 0 Å². The number of amides is 2. The van der Waals surface area contributed by atoms with Gasteiger partial charge < -0.3 is 10.2 Å². The Labute approximate surface area is 225 Å². The molecule has 0 spiro atoms. The van der Waals surface area contributed by atoms with Gasteiger partial charge in [0.2, 0.25) is 11.8 Å². The summed E-state index contributed by atoms with van der Waals surface area (Å²) in [5.41, 5.74) is 3.28. The molecule has 0 aromatic heterocycles. The Bertz CT molecular complexity index is 1110. The Balaban J connectivity index is 1.56. The molecule has 3 aromatic carbocycles. The number of carbonyl (C=O) groups excluding carboxylic acids is 2. The number of nitrogens with one attached hydrogen (secondary N) is 1. The molecular formula is C32H38N2O2S. The molecule has 1 aliphatic carbocycles.